The topological polar surface area (TPSA) is 92.1 Å². The Kier molecular flexibility index (Phi) is 5.09. The Bertz CT molecular complexity index is 936. The molecule has 2 aliphatic heterocycles. The summed E-state index contributed by atoms with van der Waals surface area (Å²) in [6.07, 6.45) is 0.657. The Labute approximate surface area is 161 Å². The molecule has 0 saturated carbocycles. The highest BCUT2D eigenvalue weighted by atomic mass is 32.2. The number of urea groups is 1. The van der Waals surface area contributed by atoms with Gasteiger partial charge >= 0.3 is 6.03 Å². The zero-order valence-electron chi connectivity index (χ0n) is 15.0. The van der Waals surface area contributed by atoms with E-state index >= 15 is 0 Å². The van der Waals surface area contributed by atoms with Crippen LogP contribution < -0.4 is 5.32 Å². The molecule has 2 atom stereocenters. The molecule has 10 heteroatoms. The Hall–Kier alpha value is -2.43. The van der Waals surface area contributed by atoms with Crippen LogP contribution in [0.1, 0.15) is 5.76 Å². The predicted octanol–water partition coefficient (Wildman–Crippen LogP) is 1.40. The van der Waals surface area contributed by atoms with Crippen molar-refractivity contribution in [3.05, 3.63) is 54.2 Å². The van der Waals surface area contributed by atoms with Crippen molar-refractivity contribution < 1.29 is 26.8 Å². The van der Waals surface area contributed by atoms with Crippen LogP contribution in [0.5, 0.6) is 0 Å². The molecule has 2 bridgehead atoms. The number of hydrogen-bond donors (Lipinski definition) is 1. The summed E-state index contributed by atoms with van der Waals surface area (Å²) in [6, 6.07) is 8.21. The number of nitrogens with zero attached hydrogens (tertiary/aromatic N) is 2. The van der Waals surface area contributed by atoms with Gasteiger partial charge in [0.25, 0.3) is 0 Å². The highest BCUT2D eigenvalue weighted by molar-refractivity contribution is 7.89. The summed E-state index contributed by atoms with van der Waals surface area (Å²) in [5.74, 6) is 0.0445. The summed E-state index contributed by atoms with van der Waals surface area (Å²) in [7, 11) is -3.82. The molecule has 2 aliphatic rings. The lowest BCUT2D eigenvalue weighted by molar-refractivity contribution is -0.111. The Morgan fingerprint density at radius 1 is 1.14 bits per heavy atom. The van der Waals surface area contributed by atoms with E-state index in [0.29, 0.717) is 5.76 Å². The highest BCUT2D eigenvalue weighted by Gasteiger charge is 2.41. The maximum Gasteiger partial charge on any atom is 0.317 e. The number of hydrogen-bond acceptors (Lipinski definition) is 5. The van der Waals surface area contributed by atoms with Gasteiger partial charge in [-0.3, -0.25) is 0 Å². The van der Waals surface area contributed by atoms with E-state index in [0.717, 1.165) is 6.07 Å². The highest BCUT2D eigenvalue weighted by Crippen LogP contribution is 2.25. The van der Waals surface area contributed by atoms with Gasteiger partial charge in [0.15, 0.2) is 0 Å². The largest absolute Gasteiger partial charge is 0.467 e. The number of nitrogens with one attached hydrogen (secondary N) is 1. The third kappa shape index (κ3) is 3.89. The van der Waals surface area contributed by atoms with Crippen LogP contribution in [-0.4, -0.2) is 62.0 Å². The van der Waals surface area contributed by atoms with Crippen LogP contribution in [-0.2, 0) is 21.3 Å². The lowest BCUT2D eigenvalue weighted by Crippen LogP contribution is -2.62. The van der Waals surface area contributed by atoms with E-state index in [-0.39, 0.29) is 43.7 Å². The van der Waals surface area contributed by atoms with Crippen molar-refractivity contribution in [2.75, 3.05) is 26.2 Å². The maximum atomic E-state index is 13.4. The second-order valence-corrected chi connectivity index (χ2v) is 8.74. The molecule has 2 unspecified atom stereocenters. The molecule has 2 amide bonds. The summed E-state index contributed by atoms with van der Waals surface area (Å²) in [4.78, 5) is 13.9. The van der Waals surface area contributed by atoms with E-state index in [2.05, 4.69) is 5.32 Å². The van der Waals surface area contributed by atoms with Crippen LogP contribution in [0.2, 0.25) is 0 Å². The number of ether oxygens (including phenoxy) is 1. The first kappa shape index (κ1) is 18.9. The van der Waals surface area contributed by atoms with E-state index in [1.807, 2.05) is 0 Å². The summed E-state index contributed by atoms with van der Waals surface area (Å²) in [5.41, 5.74) is 0. The fourth-order valence-electron chi connectivity index (χ4n) is 3.48. The van der Waals surface area contributed by atoms with Gasteiger partial charge in [0, 0.05) is 13.1 Å². The van der Waals surface area contributed by atoms with Gasteiger partial charge in [-0.15, -0.1) is 0 Å². The summed E-state index contributed by atoms with van der Waals surface area (Å²) < 4.78 is 51.4. The van der Waals surface area contributed by atoms with Crippen molar-refractivity contribution in [3.63, 3.8) is 0 Å². The SMILES string of the molecule is O=C(NCc1ccco1)N1CC2CN(S(=O)(=O)c3cccc(F)c3)CC(C1)O2. The summed E-state index contributed by atoms with van der Waals surface area (Å²) in [6.45, 7) is 1.04. The molecule has 28 heavy (non-hydrogen) atoms. The number of amides is 2. The first-order valence-electron chi connectivity index (χ1n) is 8.88. The predicted molar refractivity (Wildman–Crippen MR) is 96.3 cm³/mol. The molecule has 0 spiro atoms. The molecule has 2 saturated heterocycles. The van der Waals surface area contributed by atoms with E-state index in [9.17, 15) is 17.6 Å². The van der Waals surface area contributed by atoms with E-state index in [4.69, 9.17) is 9.15 Å². The van der Waals surface area contributed by atoms with Crippen molar-refractivity contribution in [1.82, 2.24) is 14.5 Å². The third-order valence-corrected chi connectivity index (χ3v) is 6.59. The lowest BCUT2D eigenvalue weighted by atomic mass is 10.1. The molecule has 1 aromatic heterocycles. The fraction of sp³-hybridized carbons (Fsp3) is 0.389. The first-order chi connectivity index (χ1) is 13.4. The van der Waals surface area contributed by atoms with Gasteiger partial charge in [-0.2, -0.15) is 4.31 Å². The van der Waals surface area contributed by atoms with Crippen LogP contribution in [0, 0.1) is 5.82 Å². The summed E-state index contributed by atoms with van der Waals surface area (Å²) >= 11 is 0. The number of sulfonamides is 1. The number of carbonyl (C=O) groups excluding carboxylic acids is 1. The van der Waals surface area contributed by atoms with Gasteiger partial charge in [0.1, 0.15) is 11.6 Å². The molecule has 0 radical (unpaired) electrons. The Morgan fingerprint density at radius 2 is 1.89 bits per heavy atom. The van der Waals surface area contributed by atoms with Crippen molar-refractivity contribution >= 4 is 16.1 Å². The van der Waals surface area contributed by atoms with Crippen LogP contribution in [0.3, 0.4) is 0 Å². The minimum absolute atomic E-state index is 0.0829. The standard InChI is InChI=1S/C18H20FN3O5S/c19-13-3-1-5-17(7-13)28(24,25)22-11-15-9-21(10-16(12-22)27-15)18(23)20-8-14-4-2-6-26-14/h1-7,15-16H,8-12H2,(H,20,23). The molecule has 1 N–H and O–H groups in total. The smallest absolute Gasteiger partial charge is 0.317 e. The van der Waals surface area contributed by atoms with Gasteiger partial charge in [-0.05, 0) is 30.3 Å². The molecule has 4 rings (SSSR count). The van der Waals surface area contributed by atoms with Gasteiger partial charge in [0.2, 0.25) is 10.0 Å². The normalized spacial score (nSPS) is 22.8. The van der Waals surface area contributed by atoms with Crippen LogP contribution in [0.4, 0.5) is 9.18 Å². The molecule has 0 aliphatic carbocycles. The molecule has 2 fully saturated rings. The number of rotatable bonds is 4. The van der Waals surface area contributed by atoms with Gasteiger partial charge in [-0.25, -0.2) is 17.6 Å². The van der Waals surface area contributed by atoms with Gasteiger partial charge < -0.3 is 19.4 Å². The zero-order valence-corrected chi connectivity index (χ0v) is 15.8. The van der Waals surface area contributed by atoms with E-state index in [1.54, 1.807) is 17.0 Å². The van der Waals surface area contributed by atoms with E-state index < -0.39 is 28.0 Å². The van der Waals surface area contributed by atoms with Gasteiger partial charge in [0.05, 0.1) is 43.0 Å². The second kappa shape index (κ2) is 7.53. The average Bonchev–Trinajstić information content (AvgIpc) is 3.19. The molecule has 3 heterocycles. The molecule has 1 aromatic carbocycles. The van der Waals surface area contributed by atoms with E-state index in [1.165, 1.54) is 28.8 Å². The van der Waals surface area contributed by atoms with Crippen molar-refractivity contribution in [1.29, 1.82) is 0 Å². The number of furan rings is 1. The fourth-order valence-corrected chi connectivity index (χ4v) is 5.02. The molecule has 150 valence electrons. The Balaban J connectivity index is 1.40. The number of halogens is 1. The quantitative estimate of drug-likeness (QED) is 0.824. The maximum absolute atomic E-state index is 13.4. The zero-order chi connectivity index (χ0) is 19.7. The van der Waals surface area contributed by atoms with Crippen LogP contribution >= 0.6 is 0 Å². The minimum Gasteiger partial charge on any atom is -0.467 e. The molecule has 2 aromatic rings. The first-order valence-corrected chi connectivity index (χ1v) is 10.3. The number of carbonyl (C=O) groups is 1. The van der Waals surface area contributed by atoms with Crippen molar-refractivity contribution in [3.8, 4) is 0 Å². The van der Waals surface area contributed by atoms with Crippen molar-refractivity contribution in [2.45, 2.75) is 23.6 Å². The number of benzene rings is 1. The Morgan fingerprint density at radius 3 is 2.54 bits per heavy atom. The second-order valence-electron chi connectivity index (χ2n) is 6.80. The molecular formula is C18H20FN3O5S. The molecular weight excluding hydrogens is 389 g/mol. The number of fused-ring (bicyclic) bond motifs is 2. The lowest BCUT2D eigenvalue weighted by Gasteiger charge is -2.45. The summed E-state index contributed by atoms with van der Waals surface area (Å²) in [5, 5.41) is 2.78. The van der Waals surface area contributed by atoms with Crippen molar-refractivity contribution in [2.24, 2.45) is 0 Å². The van der Waals surface area contributed by atoms with Gasteiger partial charge in [-0.1, -0.05) is 6.07 Å². The number of morpholine rings is 2. The monoisotopic (exact) mass is 409 g/mol. The average molecular weight is 409 g/mol. The van der Waals surface area contributed by atoms with Crippen LogP contribution in [0.15, 0.2) is 52.0 Å². The minimum atomic E-state index is -3.82. The third-order valence-electron chi connectivity index (χ3n) is 4.76. The van der Waals surface area contributed by atoms with Crippen LogP contribution in [0.25, 0.3) is 0 Å². The molecule has 8 nitrogen and oxygen atoms in total.